The van der Waals surface area contributed by atoms with Crippen molar-refractivity contribution in [2.24, 2.45) is 5.92 Å². The molecule has 1 aromatic rings. The summed E-state index contributed by atoms with van der Waals surface area (Å²) in [6, 6.07) is 8.72. The molecule has 16 heavy (non-hydrogen) atoms. The molecule has 0 aliphatic rings. The molecule has 2 nitrogen and oxygen atoms in total. The first-order valence-electron chi connectivity index (χ1n) is 5.41. The Morgan fingerprint density at radius 3 is 2.25 bits per heavy atom. The SMILES string of the molecule is CCC(C#N)C(c1ccc(F)cc1)N(C)C. The third-order valence-electron chi connectivity index (χ3n) is 2.75. The molecule has 0 saturated heterocycles. The summed E-state index contributed by atoms with van der Waals surface area (Å²) in [6.45, 7) is 1.99. The van der Waals surface area contributed by atoms with E-state index in [4.69, 9.17) is 5.26 Å². The fourth-order valence-electron chi connectivity index (χ4n) is 1.94. The van der Waals surface area contributed by atoms with Gasteiger partial charge in [0, 0.05) is 0 Å². The topological polar surface area (TPSA) is 27.0 Å². The van der Waals surface area contributed by atoms with Gasteiger partial charge in [0.2, 0.25) is 0 Å². The summed E-state index contributed by atoms with van der Waals surface area (Å²) in [6.07, 6.45) is 0.788. The van der Waals surface area contributed by atoms with Crippen LogP contribution >= 0.6 is 0 Å². The molecule has 0 amide bonds. The summed E-state index contributed by atoms with van der Waals surface area (Å²) in [4.78, 5) is 2.00. The van der Waals surface area contributed by atoms with Gasteiger partial charge in [-0.15, -0.1) is 0 Å². The van der Waals surface area contributed by atoms with Gasteiger partial charge in [-0.25, -0.2) is 4.39 Å². The summed E-state index contributed by atoms with van der Waals surface area (Å²) >= 11 is 0. The van der Waals surface area contributed by atoms with Crippen molar-refractivity contribution in [3.63, 3.8) is 0 Å². The lowest BCUT2D eigenvalue weighted by Gasteiger charge is -2.28. The molecule has 0 saturated carbocycles. The van der Waals surface area contributed by atoms with E-state index >= 15 is 0 Å². The smallest absolute Gasteiger partial charge is 0.123 e. The molecule has 2 unspecified atom stereocenters. The van der Waals surface area contributed by atoms with Gasteiger partial charge >= 0.3 is 0 Å². The van der Waals surface area contributed by atoms with E-state index in [1.165, 1.54) is 12.1 Å². The molecule has 3 heteroatoms. The molecule has 0 aliphatic heterocycles. The summed E-state index contributed by atoms with van der Waals surface area (Å²) in [7, 11) is 3.88. The zero-order valence-electron chi connectivity index (χ0n) is 9.94. The van der Waals surface area contributed by atoms with E-state index in [0.717, 1.165) is 12.0 Å². The highest BCUT2D eigenvalue weighted by Gasteiger charge is 2.23. The van der Waals surface area contributed by atoms with Crippen LogP contribution < -0.4 is 0 Å². The van der Waals surface area contributed by atoms with Gasteiger partial charge in [0.05, 0.1) is 18.0 Å². The molecular weight excluding hydrogens is 203 g/mol. The number of hydrogen-bond acceptors (Lipinski definition) is 2. The molecule has 0 radical (unpaired) electrons. The van der Waals surface area contributed by atoms with Gasteiger partial charge in [-0.3, -0.25) is 0 Å². The molecule has 1 aromatic carbocycles. The van der Waals surface area contributed by atoms with E-state index in [1.807, 2.05) is 25.9 Å². The third-order valence-corrected chi connectivity index (χ3v) is 2.75. The van der Waals surface area contributed by atoms with Crippen molar-refractivity contribution in [1.82, 2.24) is 4.90 Å². The lowest BCUT2D eigenvalue weighted by atomic mass is 9.91. The molecular formula is C13H17FN2. The van der Waals surface area contributed by atoms with Crippen molar-refractivity contribution in [3.8, 4) is 6.07 Å². The van der Waals surface area contributed by atoms with Crippen LogP contribution in [0.3, 0.4) is 0 Å². The fraction of sp³-hybridized carbons (Fsp3) is 0.462. The van der Waals surface area contributed by atoms with Crippen LogP contribution in [0.2, 0.25) is 0 Å². The molecule has 0 N–H and O–H groups in total. The van der Waals surface area contributed by atoms with E-state index in [2.05, 4.69) is 6.07 Å². The minimum absolute atomic E-state index is 0.0237. The minimum Gasteiger partial charge on any atom is -0.301 e. The van der Waals surface area contributed by atoms with Crippen molar-refractivity contribution < 1.29 is 4.39 Å². The van der Waals surface area contributed by atoms with Gasteiger partial charge in [-0.2, -0.15) is 5.26 Å². The molecule has 1 rings (SSSR count). The van der Waals surface area contributed by atoms with E-state index < -0.39 is 0 Å². The second-order valence-electron chi connectivity index (χ2n) is 4.10. The second kappa shape index (κ2) is 5.62. The van der Waals surface area contributed by atoms with Gasteiger partial charge in [-0.1, -0.05) is 19.1 Å². The Bertz CT molecular complexity index is 365. The van der Waals surface area contributed by atoms with E-state index in [-0.39, 0.29) is 17.8 Å². The van der Waals surface area contributed by atoms with Crippen LogP contribution in [0.5, 0.6) is 0 Å². The molecule has 0 spiro atoms. The Labute approximate surface area is 96.3 Å². The predicted octanol–water partition coefficient (Wildman–Crippen LogP) is 2.98. The maximum absolute atomic E-state index is 12.8. The average Bonchev–Trinajstić information content (AvgIpc) is 2.27. The molecule has 0 bridgehead atoms. The van der Waals surface area contributed by atoms with Crippen LogP contribution in [0.4, 0.5) is 4.39 Å². The lowest BCUT2D eigenvalue weighted by molar-refractivity contribution is 0.241. The zero-order chi connectivity index (χ0) is 12.1. The predicted molar refractivity (Wildman–Crippen MR) is 62.2 cm³/mol. The minimum atomic E-state index is -0.244. The zero-order valence-corrected chi connectivity index (χ0v) is 9.94. The lowest BCUT2D eigenvalue weighted by Crippen LogP contribution is -2.26. The van der Waals surface area contributed by atoms with Crippen molar-refractivity contribution in [2.45, 2.75) is 19.4 Å². The van der Waals surface area contributed by atoms with Gasteiger partial charge in [0.15, 0.2) is 0 Å². The molecule has 0 aliphatic carbocycles. The van der Waals surface area contributed by atoms with Crippen LogP contribution in [-0.2, 0) is 0 Å². The first-order valence-corrected chi connectivity index (χ1v) is 5.41. The van der Waals surface area contributed by atoms with Crippen LogP contribution in [0.25, 0.3) is 0 Å². The maximum Gasteiger partial charge on any atom is 0.123 e. The molecule has 86 valence electrons. The highest BCUT2D eigenvalue weighted by atomic mass is 19.1. The molecule has 0 heterocycles. The fourth-order valence-corrected chi connectivity index (χ4v) is 1.94. The van der Waals surface area contributed by atoms with Crippen LogP contribution in [-0.4, -0.2) is 19.0 Å². The summed E-state index contributed by atoms with van der Waals surface area (Å²) < 4.78 is 12.8. The summed E-state index contributed by atoms with van der Waals surface area (Å²) in [5.74, 6) is -0.313. The van der Waals surface area contributed by atoms with Gasteiger partial charge < -0.3 is 4.90 Å². The number of halogens is 1. The van der Waals surface area contributed by atoms with Crippen molar-refractivity contribution in [1.29, 1.82) is 5.26 Å². The van der Waals surface area contributed by atoms with Crippen molar-refractivity contribution >= 4 is 0 Å². The standard InChI is InChI=1S/C13H17FN2/c1-4-10(9-15)13(16(2)3)11-5-7-12(14)8-6-11/h5-8,10,13H,4H2,1-3H3. The highest BCUT2D eigenvalue weighted by Crippen LogP contribution is 2.28. The monoisotopic (exact) mass is 220 g/mol. The quantitative estimate of drug-likeness (QED) is 0.780. The Morgan fingerprint density at radius 2 is 1.88 bits per heavy atom. The highest BCUT2D eigenvalue weighted by molar-refractivity contribution is 5.22. The number of rotatable bonds is 4. The largest absolute Gasteiger partial charge is 0.301 e. The van der Waals surface area contributed by atoms with Crippen LogP contribution in [0.15, 0.2) is 24.3 Å². The van der Waals surface area contributed by atoms with Crippen LogP contribution in [0, 0.1) is 23.1 Å². The number of benzene rings is 1. The number of hydrogen-bond donors (Lipinski definition) is 0. The maximum atomic E-state index is 12.8. The summed E-state index contributed by atoms with van der Waals surface area (Å²) in [5, 5.41) is 9.11. The van der Waals surface area contributed by atoms with E-state index in [9.17, 15) is 4.39 Å². The van der Waals surface area contributed by atoms with E-state index in [0.29, 0.717) is 0 Å². The molecule has 0 fully saturated rings. The first-order chi connectivity index (χ1) is 7.60. The Morgan fingerprint density at radius 1 is 1.31 bits per heavy atom. The molecule has 2 atom stereocenters. The van der Waals surface area contributed by atoms with Gasteiger partial charge in [-0.05, 0) is 38.2 Å². The number of nitrogens with zero attached hydrogens (tertiary/aromatic N) is 2. The Balaban J connectivity index is 3.03. The Hall–Kier alpha value is -1.40. The van der Waals surface area contributed by atoms with Gasteiger partial charge in [0.25, 0.3) is 0 Å². The first kappa shape index (κ1) is 12.7. The summed E-state index contributed by atoms with van der Waals surface area (Å²) in [5.41, 5.74) is 0.986. The number of nitriles is 1. The third kappa shape index (κ3) is 2.80. The normalized spacial score (nSPS) is 14.5. The van der Waals surface area contributed by atoms with Crippen molar-refractivity contribution in [3.05, 3.63) is 35.6 Å². The van der Waals surface area contributed by atoms with Crippen LogP contribution in [0.1, 0.15) is 24.9 Å². The average molecular weight is 220 g/mol. The second-order valence-corrected chi connectivity index (χ2v) is 4.10. The van der Waals surface area contributed by atoms with Gasteiger partial charge in [0.1, 0.15) is 5.82 Å². The van der Waals surface area contributed by atoms with Crippen molar-refractivity contribution in [2.75, 3.05) is 14.1 Å². The Kier molecular flexibility index (Phi) is 4.45. The molecule has 0 aromatic heterocycles. The van der Waals surface area contributed by atoms with E-state index in [1.54, 1.807) is 12.1 Å².